The molecule has 0 radical (unpaired) electrons. The molecule has 1 aliphatic carbocycles. The first-order valence-corrected chi connectivity index (χ1v) is 6.74. The molecule has 1 amide bonds. The minimum Gasteiger partial charge on any atom is -0.383 e. The van der Waals surface area contributed by atoms with Gasteiger partial charge in [0.2, 0.25) is 5.91 Å². The molecule has 1 aromatic rings. The molecule has 0 aromatic heterocycles. The predicted molar refractivity (Wildman–Crippen MR) is 77.5 cm³/mol. The Morgan fingerprint density at radius 3 is 2.79 bits per heavy atom. The van der Waals surface area contributed by atoms with Gasteiger partial charge in [-0.05, 0) is 43.4 Å². The van der Waals surface area contributed by atoms with Gasteiger partial charge in [-0.3, -0.25) is 4.79 Å². The Balaban J connectivity index is 2.10. The van der Waals surface area contributed by atoms with Crippen LogP contribution in [0.4, 0.5) is 11.4 Å². The number of rotatable bonds is 6. The highest BCUT2D eigenvalue weighted by atomic mass is 16.5. The Morgan fingerprint density at radius 1 is 1.47 bits per heavy atom. The molecular formula is C15H22N2O2. The summed E-state index contributed by atoms with van der Waals surface area (Å²) in [7, 11) is 1.73. The van der Waals surface area contributed by atoms with Crippen LogP contribution in [0.3, 0.4) is 0 Å². The summed E-state index contributed by atoms with van der Waals surface area (Å²) in [5, 5.41) is 6.36. The second kappa shape index (κ2) is 6.06. The lowest BCUT2D eigenvalue weighted by atomic mass is 10.1. The fourth-order valence-electron chi connectivity index (χ4n) is 2.23. The van der Waals surface area contributed by atoms with Gasteiger partial charge in [0.1, 0.15) is 0 Å². The monoisotopic (exact) mass is 262 g/mol. The number of hydrogen-bond acceptors (Lipinski definition) is 3. The molecule has 0 saturated heterocycles. The number of carbonyl (C=O) groups excluding carboxylic acids is 1. The molecule has 0 spiro atoms. The van der Waals surface area contributed by atoms with Crippen LogP contribution in [0.2, 0.25) is 0 Å². The highest BCUT2D eigenvalue weighted by molar-refractivity contribution is 5.89. The molecule has 104 valence electrons. The minimum atomic E-state index is -0.0505. The van der Waals surface area contributed by atoms with E-state index in [9.17, 15) is 4.79 Å². The maximum Gasteiger partial charge on any atom is 0.221 e. The largest absolute Gasteiger partial charge is 0.383 e. The van der Waals surface area contributed by atoms with Gasteiger partial charge in [-0.2, -0.15) is 0 Å². The van der Waals surface area contributed by atoms with Crippen molar-refractivity contribution in [1.29, 1.82) is 0 Å². The number of aryl methyl sites for hydroxylation is 1. The highest BCUT2D eigenvalue weighted by Gasteiger charge is 2.31. The maximum atomic E-state index is 11.1. The van der Waals surface area contributed by atoms with E-state index in [0.29, 0.717) is 18.6 Å². The topological polar surface area (TPSA) is 50.4 Å². The van der Waals surface area contributed by atoms with E-state index in [-0.39, 0.29) is 5.91 Å². The maximum absolute atomic E-state index is 11.1. The molecule has 19 heavy (non-hydrogen) atoms. The van der Waals surface area contributed by atoms with Crippen molar-refractivity contribution in [3.8, 4) is 0 Å². The third kappa shape index (κ3) is 3.96. The molecule has 4 heteroatoms. The first kappa shape index (κ1) is 13.9. The summed E-state index contributed by atoms with van der Waals surface area (Å²) >= 11 is 0. The zero-order chi connectivity index (χ0) is 13.8. The quantitative estimate of drug-likeness (QED) is 0.829. The van der Waals surface area contributed by atoms with E-state index in [2.05, 4.69) is 17.6 Å². The third-order valence-electron chi connectivity index (χ3n) is 3.44. The molecule has 0 heterocycles. The zero-order valence-electron chi connectivity index (χ0n) is 11.8. The van der Waals surface area contributed by atoms with Crippen molar-refractivity contribution in [2.75, 3.05) is 24.4 Å². The Morgan fingerprint density at radius 2 is 2.21 bits per heavy atom. The first-order chi connectivity index (χ1) is 9.10. The van der Waals surface area contributed by atoms with Crippen molar-refractivity contribution < 1.29 is 9.53 Å². The van der Waals surface area contributed by atoms with E-state index < -0.39 is 0 Å². The Kier molecular flexibility index (Phi) is 4.43. The van der Waals surface area contributed by atoms with Gasteiger partial charge in [0.05, 0.1) is 12.6 Å². The van der Waals surface area contributed by atoms with Crippen LogP contribution < -0.4 is 10.6 Å². The zero-order valence-corrected chi connectivity index (χ0v) is 11.8. The van der Waals surface area contributed by atoms with Crippen LogP contribution in [0.25, 0.3) is 0 Å². The number of benzene rings is 1. The molecule has 1 unspecified atom stereocenters. The standard InChI is InChI=1S/C15H22N2O2/c1-10-4-7-13(16-11(2)18)8-14(10)17-15(9-19-3)12-5-6-12/h4,7-8,12,15,17H,5-6,9H2,1-3H3,(H,16,18). The van der Waals surface area contributed by atoms with E-state index in [1.807, 2.05) is 18.2 Å². The van der Waals surface area contributed by atoms with E-state index >= 15 is 0 Å². The number of ether oxygens (including phenoxy) is 1. The Labute approximate surface area is 114 Å². The molecular weight excluding hydrogens is 240 g/mol. The van der Waals surface area contributed by atoms with E-state index in [0.717, 1.165) is 11.4 Å². The molecule has 0 aliphatic heterocycles. The fourth-order valence-corrected chi connectivity index (χ4v) is 2.23. The van der Waals surface area contributed by atoms with E-state index in [1.54, 1.807) is 7.11 Å². The van der Waals surface area contributed by atoms with Crippen molar-refractivity contribution in [3.63, 3.8) is 0 Å². The lowest BCUT2D eigenvalue weighted by molar-refractivity contribution is -0.114. The molecule has 4 nitrogen and oxygen atoms in total. The van der Waals surface area contributed by atoms with Crippen LogP contribution in [-0.4, -0.2) is 25.7 Å². The van der Waals surface area contributed by atoms with Crippen molar-refractivity contribution in [2.24, 2.45) is 5.92 Å². The number of methoxy groups -OCH3 is 1. The third-order valence-corrected chi connectivity index (χ3v) is 3.44. The van der Waals surface area contributed by atoms with Gasteiger partial charge in [0.25, 0.3) is 0 Å². The second-order valence-corrected chi connectivity index (χ2v) is 5.25. The summed E-state index contributed by atoms with van der Waals surface area (Å²) in [6, 6.07) is 6.28. The molecule has 2 rings (SSSR count). The summed E-state index contributed by atoms with van der Waals surface area (Å²) in [5.74, 6) is 0.661. The molecule has 1 fully saturated rings. The first-order valence-electron chi connectivity index (χ1n) is 6.74. The lowest BCUT2D eigenvalue weighted by Gasteiger charge is -2.20. The van der Waals surface area contributed by atoms with Gasteiger partial charge in [0.15, 0.2) is 0 Å². The molecule has 1 saturated carbocycles. The van der Waals surface area contributed by atoms with Gasteiger partial charge in [0, 0.05) is 25.4 Å². The van der Waals surface area contributed by atoms with Gasteiger partial charge >= 0.3 is 0 Å². The number of anilines is 2. The smallest absolute Gasteiger partial charge is 0.221 e. The van der Waals surface area contributed by atoms with E-state index in [4.69, 9.17) is 4.74 Å². The van der Waals surface area contributed by atoms with Crippen molar-refractivity contribution >= 4 is 17.3 Å². The van der Waals surface area contributed by atoms with Gasteiger partial charge in [-0.1, -0.05) is 6.07 Å². The number of amides is 1. The predicted octanol–water partition coefficient (Wildman–Crippen LogP) is 2.79. The SMILES string of the molecule is COCC(Nc1cc(NC(C)=O)ccc1C)C1CC1. The van der Waals surface area contributed by atoms with Gasteiger partial charge < -0.3 is 15.4 Å². The van der Waals surface area contributed by atoms with Gasteiger partial charge in [-0.25, -0.2) is 0 Å². The average molecular weight is 262 g/mol. The Bertz CT molecular complexity index is 455. The average Bonchev–Trinajstić information content (AvgIpc) is 3.16. The number of hydrogen-bond donors (Lipinski definition) is 2. The van der Waals surface area contributed by atoms with Gasteiger partial charge in [-0.15, -0.1) is 0 Å². The van der Waals surface area contributed by atoms with E-state index in [1.165, 1.54) is 25.3 Å². The molecule has 0 bridgehead atoms. The van der Waals surface area contributed by atoms with Crippen LogP contribution in [0.1, 0.15) is 25.3 Å². The van der Waals surface area contributed by atoms with Crippen molar-refractivity contribution in [1.82, 2.24) is 0 Å². The number of carbonyl (C=O) groups is 1. The summed E-state index contributed by atoms with van der Waals surface area (Å²) in [6.07, 6.45) is 2.54. The van der Waals surface area contributed by atoms with Crippen LogP contribution in [-0.2, 0) is 9.53 Å². The second-order valence-electron chi connectivity index (χ2n) is 5.25. The summed E-state index contributed by atoms with van der Waals surface area (Å²) in [4.78, 5) is 11.1. The van der Waals surface area contributed by atoms with Crippen LogP contribution in [0.5, 0.6) is 0 Å². The molecule has 1 aliphatic rings. The minimum absolute atomic E-state index is 0.0505. The normalized spacial score (nSPS) is 15.9. The van der Waals surface area contributed by atoms with Crippen molar-refractivity contribution in [2.45, 2.75) is 32.7 Å². The van der Waals surface area contributed by atoms with Crippen LogP contribution in [0.15, 0.2) is 18.2 Å². The summed E-state index contributed by atoms with van der Waals surface area (Å²) in [6.45, 7) is 4.30. The van der Waals surface area contributed by atoms with Crippen LogP contribution in [0, 0.1) is 12.8 Å². The molecule has 1 atom stereocenters. The number of nitrogens with one attached hydrogen (secondary N) is 2. The fraction of sp³-hybridized carbons (Fsp3) is 0.533. The highest BCUT2D eigenvalue weighted by Crippen LogP contribution is 2.35. The summed E-state index contributed by atoms with van der Waals surface area (Å²) in [5.41, 5.74) is 3.07. The van der Waals surface area contributed by atoms with Crippen molar-refractivity contribution in [3.05, 3.63) is 23.8 Å². The van der Waals surface area contributed by atoms with Crippen LogP contribution >= 0.6 is 0 Å². The molecule has 1 aromatic carbocycles. The summed E-state index contributed by atoms with van der Waals surface area (Å²) < 4.78 is 5.28. The lowest BCUT2D eigenvalue weighted by Crippen LogP contribution is -2.27. The Hall–Kier alpha value is -1.55. The molecule has 2 N–H and O–H groups in total.